The molecule has 10 nitrogen and oxygen atoms in total. The van der Waals surface area contributed by atoms with Crippen LogP contribution in [0.5, 0.6) is 0 Å². The van der Waals surface area contributed by atoms with Crippen molar-refractivity contribution in [1.82, 2.24) is 20.6 Å². The molecular formula is C27H42Cl2N6O4. The van der Waals surface area contributed by atoms with Crippen LogP contribution in [0.4, 0.5) is 0 Å². The number of hydrogen-bond donors (Lipinski definition) is 2. The molecule has 0 saturated carbocycles. The van der Waals surface area contributed by atoms with E-state index in [0.717, 1.165) is 23.5 Å². The third kappa shape index (κ3) is 17.1. The Morgan fingerprint density at radius 1 is 0.846 bits per heavy atom. The minimum Gasteiger partial charge on any atom is -0.383 e. The van der Waals surface area contributed by atoms with Gasteiger partial charge >= 0.3 is 0 Å². The van der Waals surface area contributed by atoms with Crippen molar-refractivity contribution in [3.63, 3.8) is 0 Å². The summed E-state index contributed by atoms with van der Waals surface area (Å²) in [4.78, 5) is 28.3. The zero-order chi connectivity index (χ0) is 28.0. The van der Waals surface area contributed by atoms with Crippen molar-refractivity contribution >= 4 is 23.2 Å². The first kappa shape index (κ1) is 37.9. The zero-order valence-electron chi connectivity index (χ0n) is 21.6. The number of hydrogen-bond acceptors (Lipinski definition) is 8. The van der Waals surface area contributed by atoms with Gasteiger partial charge in [-0.2, -0.15) is 0 Å². The Hall–Kier alpha value is -3.24. The molecule has 0 aromatic carbocycles. The highest BCUT2D eigenvalue weighted by Gasteiger charge is 2.15. The minimum absolute atomic E-state index is 0. The Morgan fingerprint density at radius 3 is 1.79 bits per heavy atom. The van der Waals surface area contributed by atoms with E-state index in [-0.39, 0.29) is 20.8 Å². The average molecular weight is 586 g/mol. The van der Waals surface area contributed by atoms with Crippen LogP contribution in [-0.4, -0.2) is 32.9 Å². The molecule has 2 aromatic rings. The smallest absolute Gasteiger partial charge is 0.253 e. The molecule has 0 amide bonds. The van der Waals surface area contributed by atoms with Crippen molar-refractivity contribution in [2.75, 3.05) is 13.1 Å². The molecule has 0 bridgehead atoms. The van der Waals surface area contributed by atoms with Gasteiger partial charge in [-0.1, -0.05) is 84.8 Å². The van der Waals surface area contributed by atoms with Gasteiger partial charge in [0.05, 0.1) is 21.2 Å². The van der Waals surface area contributed by atoms with E-state index in [1.165, 1.54) is 0 Å². The molecular weight excluding hydrogens is 543 g/mol. The molecule has 0 radical (unpaired) electrons. The van der Waals surface area contributed by atoms with Crippen LogP contribution >= 0.6 is 23.2 Å². The molecule has 1 atom stereocenters. The topological polar surface area (TPSA) is 136 Å². The van der Waals surface area contributed by atoms with E-state index < -0.39 is 9.85 Å². The first-order chi connectivity index (χ1) is 17.4. The fourth-order valence-corrected chi connectivity index (χ4v) is 3.14. The molecule has 0 aliphatic carbocycles. The van der Waals surface area contributed by atoms with E-state index in [1.54, 1.807) is 30.6 Å². The number of pyridine rings is 2. The molecule has 39 heavy (non-hydrogen) atoms. The summed E-state index contributed by atoms with van der Waals surface area (Å²) in [5.41, 5.74) is 2.90. The van der Waals surface area contributed by atoms with Crippen LogP contribution < -0.4 is 10.6 Å². The van der Waals surface area contributed by atoms with Crippen LogP contribution in [0.3, 0.4) is 0 Å². The van der Waals surface area contributed by atoms with Gasteiger partial charge in [0, 0.05) is 37.8 Å². The molecule has 0 aliphatic rings. The quantitative estimate of drug-likeness (QED) is 0.153. The van der Waals surface area contributed by atoms with Gasteiger partial charge in [0.25, 0.3) is 12.4 Å². The number of halogens is 2. The van der Waals surface area contributed by atoms with Gasteiger partial charge in [-0.3, -0.25) is 20.2 Å². The van der Waals surface area contributed by atoms with Crippen LogP contribution in [-0.2, 0) is 6.42 Å². The van der Waals surface area contributed by atoms with Crippen LogP contribution in [0.15, 0.2) is 60.5 Å². The van der Waals surface area contributed by atoms with E-state index in [1.807, 2.05) is 40.7 Å². The third-order valence-corrected chi connectivity index (χ3v) is 5.30. The van der Waals surface area contributed by atoms with E-state index >= 15 is 0 Å². The Balaban J connectivity index is 0. The third-order valence-electron chi connectivity index (χ3n) is 4.86. The van der Waals surface area contributed by atoms with Crippen LogP contribution in [0.2, 0.25) is 10.3 Å². The normalized spacial score (nSPS) is 11.9. The highest BCUT2D eigenvalue weighted by atomic mass is 35.5. The summed E-state index contributed by atoms with van der Waals surface area (Å²) in [5, 5.41) is 28.3. The number of allylic oxidation sites excluding steroid dienone is 2. The molecule has 0 saturated heterocycles. The standard InChI is InChI=1S/C13H18ClN3O2.C12H16ClN3O2.2CH4/c1-9(2)6-15-12(8-17(18)19)10(3)11-4-5-13(14)16-7-11;1-9(2)6-14-11(8-16(17)18)5-10-3-4-12(13)15-7-10;;/h4-5,7-10,15H,6H2,1-3H3;3-4,7-9,14H,5-6H2,1-2H3;2*1H4/b12-8-;11-8-;;. The second-order valence-corrected chi connectivity index (χ2v) is 9.94. The molecule has 2 aromatic heterocycles. The Morgan fingerprint density at radius 2 is 1.36 bits per heavy atom. The van der Waals surface area contributed by atoms with Gasteiger partial charge < -0.3 is 10.6 Å². The van der Waals surface area contributed by atoms with Crippen LogP contribution in [0, 0.1) is 32.1 Å². The zero-order valence-corrected chi connectivity index (χ0v) is 23.2. The molecule has 0 spiro atoms. The van der Waals surface area contributed by atoms with Gasteiger partial charge in [-0.25, -0.2) is 9.97 Å². The summed E-state index contributed by atoms with van der Waals surface area (Å²) in [6.45, 7) is 11.5. The second kappa shape index (κ2) is 19.8. The first-order valence-corrected chi connectivity index (χ1v) is 12.5. The number of nitrogens with zero attached hydrogens (tertiary/aromatic N) is 4. The number of aromatic nitrogens is 2. The summed E-state index contributed by atoms with van der Waals surface area (Å²) >= 11 is 11.4. The Labute approximate surface area is 242 Å². The lowest BCUT2D eigenvalue weighted by molar-refractivity contribution is -0.404. The second-order valence-electron chi connectivity index (χ2n) is 9.16. The van der Waals surface area contributed by atoms with E-state index in [2.05, 4.69) is 20.6 Å². The van der Waals surface area contributed by atoms with Gasteiger partial charge in [0.1, 0.15) is 10.3 Å². The van der Waals surface area contributed by atoms with Crippen molar-refractivity contribution in [1.29, 1.82) is 0 Å². The molecule has 2 N–H and O–H groups in total. The monoisotopic (exact) mass is 584 g/mol. The van der Waals surface area contributed by atoms with Crippen molar-refractivity contribution in [2.45, 2.75) is 61.8 Å². The van der Waals surface area contributed by atoms with Crippen LogP contribution in [0.1, 0.15) is 66.5 Å². The van der Waals surface area contributed by atoms with E-state index in [9.17, 15) is 20.2 Å². The maximum Gasteiger partial charge on any atom is 0.253 e. The van der Waals surface area contributed by atoms with Crippen molar-refractivity contribution in [3.05, 3.63) is 102 Å². The molecule has 2 heterocycles. The highest BCUT2D eigenvalue weighted by Crippen LogP contribution is 2.22. The fraction of sp³-hybridized carbons (Fsp3) is 0.481. The molecule has 2 rings (SSSR count). The minimum atomic E-state index is -0.452. The fourth-order valence-electron chi connectivity index (χ4n) is 2.92. The highest BCUT2D eigenvalue weighted by molar-refractivity contribution is 6.29. The Bertz CT molecular complexity index is 1060. The molecule has 1 unspecified atom stereocenters. The lowest BCUT2D eigenvalue weighted by Crippen LogP contribution is -2.23. The molecule has 12 heteroatoms. The van der Waals surface area contributed by atoms with Gasteiger partial charge in [0.2, 0.25) is 0 Å². The van der Waals surface area contributed by atoms with Crippen molar-refractivity contribution in [2.24, 2.45) is 11.8 Å². The van der Waals surface area contributed by atoms with Gasteiger partial charge in [-0.15, -0.1) is 0 Å². The van der Waals surface area contributed by atoms with Crippen LogP contribution in [0.25, 0.3) is 0 Å². The summed E-state index contributed by atoms with van der Waals surface area (Å²) in [6.07, 6.45) is 5.71. The summed E-state index contributed by atoms with van der Waals surface area (Å²) < 4.78 is 0. The van der Waals surface area contributed by atoms with Crippen molar-refractivity contribution in [3.8, 4) is 0 Å². The molecule has 0 aliphatic heterocycles. The molecule has 0 fully saturated rings. The number of nitrogens with one attached hydrogen (secondary N) is 2. The maximum atomic E-state index is 10.7. The lowest BCUT2D eigenvalue weighted by Gasteiger charge is -2.17. The predicted molar refractivity (Wildman–Crippen MR) is 160 cm³/mol. The predicted octanol–water partition coefficient (Wildman–Crippen LogP) is 7.12. The first-order valence-electron chi connectivity index (χ1n) is 11.8. The summed E-state index contributed by atoms with van der Waals surface area (Å²) in [5.74, 6) is 0.697. The maximum absolute atomic E-state index is 10.7. The number of rotatable bonds is 12. The summed E-state index contributed by atoms with van der Waals surface area (Å²) in [6, 6.07) is 6.98. The average Bonchev–Trinajstić information content (AvgIpc) is 2.81. The van der Waals surface area contributed by atoms with Gasteiger partial charge in [-0.05, 0) is 35.1 Å². The van der Waals surface area contributed by atoms with E-state index in [4.69, 9.17) is 23.2 Å². The Kier molecular flexibility index (Phi) is 19.2. The van der Waals surface area contributed by atoms with Crippen molar-refractivity contribution < 1.29 is 9.85 Å². The number of nitro groups is 2. The van der Waals surface area contributed by atoms with Gasteiger partial charge in [0.15, 0.2) is 0 Å². The lowest BCUT2D eigenvalue weighted by atomic mass is 9.99. The van der Waals surface area contributed by atoms with E-state index in [0.29, 0.717) is 53.0 Å². The molecule has 218 valence electrons. The summed E-state index contributed by atoms with van der Waals surface area (Å²) in [7, 11) is 0. The largest absolute Gasteiger partial charge is 0.383 e. The SMILES string of the molecule is C.C.CC(C)CN/C(=C\[N+](=O)[O-])C(C)c1ccc(Cl)nc1.CC(C)CN/C(=C\[N+](=O)[O-])Cc1ccc(Cl)nc1.